The number of halogens is 1. The van der Waals surface area contributed by atoms with E-state index < -0.39 is 0 Å². The van der Waals surface area contributed by atoms with Crippen LogP contribution in [0, 0.1) is 5.82 Å². The quantitative estimate of drug-likeness (QED) is 0.404. The highest BCUT2D eigenvalue weighted by molar-refractivity contribution is 7.99. The molecule has 3 rings (SSSR count). The van der Waals surface area contributed by atoms with Crippen molar-refractivity contribution in [1.29, 1.82) is 0 Å². The number of hydrogen-bond acceptors (Lipinski definition) is 5. The Hall–Kier alpha value is -2.54. The second-order valence-corrected chi connectivity index (χ2v) is 6.11. The van der Waals surface area contributed by atoms with Crippen LogP contribution in [0.5, 0.6) is 5.75 Å². The van der Waals surface area contributed by atoms with Gasteiger partial charge in [0.25, 0.3) is 0 Å². The molecule has 7 heteroatoms. The third-order valence-electron chi connectivity index (χ3n) is 3.30. The van der Waals surface area contributed by atoms with Gasteiger partial charge < -0.3 is 10.6 Å². The molecule has 2 aromatic carbocycles. The summed E-state index contributed by atoms with van der Waals surface area (Å²) in [6.45, 7) is 0.626. The average molecular weight is 344 g/mol. The van der Waals surface area contributed by atoms with Crippen molar-refractivity contribution in [2.24, 2.45) is 0 Å². The number of hydrogen-bond donors (Lipinski definition) is 1. The van der Waals surface area contributed by atoms with Gasteiger partial charge >= 0.3 is 0 Å². The van der Waals surface area contributed by atoms with Crippen LogP contribution >= 0.6 is 11.8 Å². The van der Waals surface area contributed by atoms with E-state index in [1.807, 2.05) is 30.3 Å². The van der Waals surface area contributed by atoms with Crippen molar-refractivity contribution in [2.75, 3.05) is 18.2 Å². The molecule has 0 aliphatic heterocycles. The predicted octanol–water partition coefficient (Wildman–Crippen LogP) is 3.36. The maximum Gasteiger partial charge on any atom is 0.210 e. The smallest absolute Gasteiger partial charge is 0.210 e. The van der Waals surface area contributed by atoms with Crippen molar-refractivity contribution in [3.05, 3.63) is 60.4 Å². The first-order valence-electron chi connectivity index (χ1n) is 7.51. The van der Waals surface area contributed by atoms with Crippen LogP contribution in [-0.2, 0) is 0 Å². The molecule has 0 atom stereocenters. The molecule has 5 nitrogen and oxygen atoms in total. The molecule has 0 aliphatic rings. The Bertz CT molecular complexity index is 777. The lowest BCUT2D eigenvalue weighted by molar-refractivity contribution is 0.318. The van der Waals surface area contributed by atoms with Gasteiger partial charge in [0.1, 0.15) is 11.6 Å². The summed E-state index contributed by atoms with van der Waals surface area (Å²) >= 11 is 1.51. The van der Waals surface area contributed by atoms with Crippen LogP contribution in [0.2, 0.25) is 0 Å². The molecule has 0 fully saturated rings. The number of nitrogens with two attached hydrogens (primary N) is 1. The van der Waals surface area contributed by atoms with E-state index in [0.717, 1.165) is 23.5 Å². The zero-order valence-electron chi connectivity index (χ0n) is 12.9. The molecule has 0 radical (unpaired) electrons. The molecule has 2 N–H and O–H groups in total. The largest absolute Gasteiger partial charge is 0.494 e. The molecule has 124 valence electrons. The molecule has 0 spiro atoms. The summed E-state index contributed by atoms with van der Waals surface area (Å²) in [6.07, 6.45) is 0.859. The van der Waals surface area contributed by atoms with Gasteiger partial charge in [-0.1, -0.05) is 30.0 Å². The molecule has 3 aromatic rings. The molecule has 0 saturated carbocycles. The number of benzene rings is 2. The zero-order valence-corrected chi connectivity index (χ0v) is 13.7. The van der Waals surface area contributed by atoms with E-state index in [0.29, 0.717) is 17.6 Å². The van der Waals surface area contributed by atoms with E-state index in [4.69, 9.17) is 10.6 Å². The number of thioether (sulfide) groups is 1. The van der Waals surface area contributed by atoms with Crippen LogP contribution in [0.25, 0.3) is 11.4 Å². The number of rotatable bonds is 7. The topological polar surface area (TPSA) is 66.0 Å². The minimum atomic E-state index is -0.296. The molecule has 0 saturated heterocycles. The van der Waals surface area contributed by atoms with Gasteiger partial charge in [-0.05, 0) is 42.8 Å². The SMILES string of the molecule is Nn1c(SCCCOc2ccccc2)nnc1-c1ccc(F)cc1. The van der Waals surface area contributed by atoms with Crippen molar-refractivity contribution in [3.8, 4) is 17.1 Å². The Kier molecular flexibility index (Phi) is 5.32. The Morgan fingerprint density at radius 1 is 1.04 bits per heavy atom. The van der Waals surface area contributed by atoms with E-state index in [9.17, 15) is 4.39 Å². The molecule has 1 heterocycles. The average Bonchev–Trinajstić information content (AvgIpc) is 2.97. The Morgan fingerprint density at radius 2 is 1.79 bits per heavy atom. The normalized spacial score (nSPS) is 10.7. The van der Waals surface area contributed by atoms with Gasteiger partial charge in [0.15, 0.2) is 5.82 Å². The van der Waals surface area contributed by atoms with Crippen molar-refractivity contribution >= 4 is 11.8 Å². The maximum atomic E-state index is 13.0. The summed E-state index contributed by atoms with van der Waals surface area (Å²) in [5.74, 6) is 7.92. The van der Waals surface area contributed by atoms with Gasteiger partial charge in [-0.15, -0.1) is 10.2 Å². The number of nitrogen functional groups attached to an aromatic ring is 1. The van der Waals surface area contributed by atoms with Crippen molar-refractivity contribution in [2.45, 2.75) is 11.6 Å². The van der Waals surface area contributed by atoms with Crippen LogP contribution in [-0.4, -0.2) is 27.2 Å². The van der Waals surface area contributed by atoms with Crippen LogP contribution in [0.3, 0.4) is 0 Å². The van der Waals surface area contributed by atoms with Gasteiger partial charge in [-0.3, -0.25) is 0 Å². The summed E-state index contributed by atoms with van der Waals surface area (Å²) in [4.78, 5) is 0. The van der Waals surface area contributed by atoms with E-state index in [2.05, 4.69) is 10.2 Å². The van der Waals surface area contributed by atoms with Gasteiger partial charge in [-0.2, -0.15) is 0 Å². The second kappa shape index (κ2) is 7.83. The van der Waals surface area contributed by atoms with Crippen molar-refractivity contribution in [1.82, 2.24) is 14.9 Å². The van der Waals surface area contributed by atoms with E-state index in [1.54, 1.807) is 12.1 Å². The summed E-state index contributed by atoms with van der Waals surface area (Å²) in [7, 11) is 0. The second-order valence-electron chi connectivity index (χ2n) is 5.05. The first-order valence-corrected chi connectivity index (χ1v) is 8.49. The van der Waals surface area contributed by atoms with Gasteiger partial charge in [0, 0.05) is 11.3 Å². The first-order chi connectivity index (χ1) is 11.7. The molecular formula is C17H17FN4OS. The fourth-order valence-electron chi connectivity index (χ4n) is 2.10. The lowest BCUT2D eigenvalue weighted by Gasteiger charge is -2.06. The zero-order chi connectivity index (χ0) is 16.8. The van der Waals surface area contributed by atoms with Crippen LogP contribution in [0.15, 0.2) is 59.8 Å². The predicted molar refractivity (Wildman–Crippen MR) is 92.8 cm³/mol. The lowest BCUT2D eigenvalue weighted by atomic mass is 10.2. The number of nitrogens with zero attached hydrogens (tertiary/aromatic N) is 3. The highest BCUT2D eigenvalue weighted by Crippen LogP contribution is 2.22. The molecule has 0 aliphatic carbocycles. The van der Waals surface area contributed by atoms with Gasteiger partial charge in [0.05, 0.1) is 6.61 Å². The highest BCUT2D eigenvalue weighted by Gasteiger charge is 2.12. The van der Waals surface area contributed by atoms with Gasteiger partial charge in [-0.25, -0.2) is 9.07 Å². The van der Waals surface area contributed by atoms with Crippen LogP contribution in [0.1, 0.15) is 6.42 Å². The third-order valence-corrected chi connectivity index (χ3v) is 4.33. The van der Waals surface area contributed by atoms with Crippen molar-refractivity contribution in [3.63, 3.8) is 0 Å². The van der Waals surface area contributed by atoms with E-state index in [1.165, 1.54) is 28.6 Å². The number of aromatic nitrogens is 3. The molecule has 1 aromatic heterocycles. The molecule has 0 bridgehead atoms. The summed E-state index contributed by atoms with van der Waals surface area (Å²) in [5, 5.41) is 8.78. The monoisotopic (exact) mass is 344 g/mol. The fraction of sp³-hybridized carbons (Fsp3) is 0.176. The fourth-order valence-corrected chi connectivity index (χ4v) is 2.87. The van der Waals surface area contributed by atoms with E-state index >= 15 is 0 Å². The maximum absolute atomic E-state index is 13.0. The first kappa shape index (κ1) is 16.3. The van der Waals surface area contributed by atoms with Crippen LogP contribution in [0.4, 0.5) is 4.39 Å². The molecule has 0 amide bonds. The highest BCUT2D eigenvalue weighted by atomic mass is 32.2. The third kappa shape index (κ3) is 4.05. The van der Waals surface area contributed by atoms with Gasteiger partial charge in [0.2, 0.25) is 5.16 Å². The van der Waals surface area contributed by atoms with E-state index in [-0.39, 0.29) is 5.82 Å². The summed E-state index contributed by atoms with van der Waals surface area (Å²) in [6, 6.07) is 15.7. The lowest BCUT2D eigenvalue weighted by Crippen LogP contribution is -2.11. The molecular weight excluding hydrogens is 327 g/mol. The number of ether oxygens (including phenoxy) is 1. The standard InChI is InChI=1S/C17H17FN4OS/c18-14-9-7-13(8-10-14)16-20-21-17(22(16)19)24-12-4-11-23-15-5-2-1-3-6-15/h1-3,5-10H,4,11-12,19H2. The van der Waals surface area contributed by atoms with Crippen LogP contribution < -0.4 is 10.6 Å². The minimum absolute atomic E-state index is 0.296. The van der Waals surface area contributed by atoms with Crippen molar-refractivity contribution < 1.29 is 9.13 Å². The summed E-state index contributed by atoms with van der Waals surface area (Å²) < 4.78 is 20.0. The Morgan fingerprint density at radius 3 is 2.54 bits per heavy atom. The molecule has 24 heavy (non-hydrogen) atoms. The minimum Gasteiger partial charge on any atom is -0.494 e. The Labute approximate surface area is 143 Å². The number of para-hydroxylation sites is 1. The summed E-state index contributed by atoms with van der Waals surface area (Å²) in [5.41, 5.74) is 0.727. The molecule has 0 unspecified atom stereocenters. The Balaban J connectivity index is 1.50.